The van der Waals surface area contributed by atoms with Crippen LogP contribution in [0.2, 0.25) is 0 Å². The molecule has 0 radical (unpaired) electrons. The molecule has 4 aromatic carbocycles. The van der Waals surface area contributed by atoms with Gasteiger partial charge in [-0.2, -0.15) is 16.8 Å². The molecule has 26 heteroatoms. The Morgan fingerprint density at radius 2 is 1.04 bits per heavy atom. The number of hydrogen-bond donors (Lipinski definition) is 6. The van der Waals surface area contributed by atoms with Gasteiger partial charge < -0.3 is 40.4 Å². The number of rotatable bonds is 26. The van der Waals surface area contributed by atoms with Crippen molar-refractivity contribution in [1.82, 2.24) is 16.0 Å². The molecule has 0 saturated carbocycles. The van der Waals surface area contributed by atoms with Gasteiger partial charge in [0.05, 0.1) is 40.0 Å². The van der Waals surface area contributed by atoms with Gasteiger partial charge in [-0.05, 0) is 46.2 Å². The van der Waals surface area contributed by atoms with Crippen LogP contribution in [0, 0.1) is 5.92 Å². The van der Waals surface area contributed by atoms with E-state index >= 15 is 0 Å². The minimum atomic E-state index is -5.09. The number of nitrogens with one attached hydrogen (secondary N) is 3. The van der Waals surface area contributed by atoms with E-state index in [9.17, 15) is 63.1 Å². The number of hydrogen-bond acceptors (Lipinski definition) is 17. The Hall–Kier alpha value is -5.61. The Balaban J connectivity index is 0.000000492. The first-order valence-electron chi connectivity index (χ1n) is 22.2. The van der Waals surface area contributed by atoms with E-state index in [4.69, 9.17) is 24.5 Å². The Labute approximate surface area is 445 Å². The molecule has 0 fully saturated rings. The van der Waals surface area contributed by atoms with E-state index in [1.165, 1.54) is 0 Å². The molecule has 0 spiro atoms. The summed E-state index contributed by atoms with van der Waals surface area (Å²) in [6.07, 6.45) is -2.36. The predicted octanol–water partition coefficient (Wildman–Crippen LogP) is 0.0231. The summed E-state index contributed by atoms with van der Waals surface area (Å²) >= 11 is 0. The molecule has 73 heavy (non-hydrogen) atoms. The normalized spacial score (nSPS) is 13.2. The standard InChI is InChI=1S/C33H36N2O12S2.C14H20N2O6S.Na/c36-30(15-8-16-34-33(39)47-18-22-9-2-1-3-10-22)29(21-49(43,44)45)35-32(38)23(20-48(40,41)42)17-31(37)46-19-28-26-13-6-4-11-24(26)25-12-5-7-14-27(25)28;15-12(10-23(19,20)21)13(17)7-4-8-16-14(18)22-9-11-5-2-1-3-6-11;/h1-7,9-14,23,28-29H,8,15-21H2,(H,34,39)(H,35,38)(H,40,41,42)(H,43,44,45);1-3,5-6,12H,4,7-10,15H2,(H,16,18)(H,19,20,21);/q;;+1/p-1/t23-,29-;12-;/m00./s1. The first-order chi connectivity index (χ1) is 34.0. The third-order valence-corrected chi connectivity index (χ3v) is 13.0. The fraction of sp³-hybridized carbons (Fsp3) is 0.362. The van der Waals surface area contributed by atoms with Crippen molar-refractivity contribution in [2.75, 3.05) is 37.0 Å². The second kappa shape index (κ2) is 29.9. The number of ketones is 2. The van der Waals surface area contributed by atoms with Gasteiger partial charge in [0.15, 0.2) is 11.6 Å². The van der Waals surface area contributed by atoms with E-state index in [1.807, 2.05) is 78.9 Å². The minimum absolute atomic E-state index is 0. The van der Waals surface area contributed by atoms with Crippen LogP contribution in [0.4, 0.5) is 9.59 Å². The van der Waals surface area contributed by atoms with E-state index in [0.717, 1.165) is 33.4 Å². The van der Waals surface area contributed by atoms with E-state index in [-0.39, 0.29) is 87.6 Å². The number of ether oxygens (including phenoxy) is 3. The van der Waals surface area contributed by atoms with Crippen molar-refractivity contribution in [2.45, 2.75) is 63.3 Å². The summed E-state index contributed by atoms with van der Waals surface area (Å²) in [4.78, 5) is 73.8. The Morgan fingerprint density at radius 3 is 1.49 bits per heavy atom. The molecule has 5 rings (SSSR count). The monoisotopic (exact) mass is 1080 g/mol. The van der Waals surface area contributed by atoms with Crippen LogP contribution in [-0.4, -0.2) is 124 Å². The zero-order valence-corrected chi connectivity index (χ0v) is 44.1. The van der Waals surface area contributed by atoms with Crippen molar-refractivity contribution in [3.63, 3.8) is 0 Å². The van der Waals surface area contributed by atoms with Gasteiger partial charge in [-0.15, -0.1) is 0 Å². The maximum atomic E-state index is 13.1. The fourth-order valence-corrected chi connectivity index (χ4v) is 9.29. The average Bonchev–Trinajstić information content (AvgIpc) is 3.64. The Bertz CT molecular complexity index is 2800. The van der Waals surface area contributed by atoms with Gasteiger partial charge in [0.1, 0.15) is 31.6 Å². The van der Waals surface area contributed by atoms with Gasteiger partial charge in [-0.3, -0.25) is 28.3 Å². The van der Waals surface area contributed by atoms with Crippen molar-refractivity contribution >= 4 is 66.0 Å². The average molecular weight is 1080 g/mol. The van der Waals surface area contributed by atoms with Crippen LogP contribution in [0.3, 0.4) is 0 Å². The number of benzene rings is 4. The number of fused-ring (bicyclic) bond motifs is 3. The second-order valence-corrected chi connectivity index (χ2v) is 20.8. The van der Waals surface area contributed by atoms with Crippen molar-refractivity contribution in [3.05, 3.63) is 131 Å². The summed E-state index contributed by atoms with van der Waals surface area (Å²) in [5, 5.41) is 6.96. The molecule has 3 atom stereocenters. The number of nitrogens with two attached hydrogens (primary N) is 1. The van der Waals surface area contributed by atoms with Crippen LogP contribution in [0.15, 0.2) is 109 Å². The summed E-state index contributed by atoms with van der Waals surface area (Å²) in [7, 11) is -14.2. The summed E-state index contributed by atoms with van der Waals surface area (Å²) in [5.41, 5.74) is 10.7. The van der Waals surface area contributed by atoms with Crippen LogP contribution in [0.5, 0.6) is 0 Å². The van der Waals surface area contributed by atoms with Crippen molar-refractivity contribution in [2.24, 2.45) is 11.7 Å². The molecule has 390 valence electrons. The molecule has 0 unspecified atom stereocenters. The first-order valence-corrected chi connectivity index (χ1v) is 27.0. The maximum absolute atomic E-state index is 13.1. The number of carbonyl (C=O) groups excluding carboxylic acids is 6. The number of alkyl carbamates (subject to hydrolysis) is 2. The third-order valence-electron chi connectivity index (χ3n) is 10.6. The third kappa shape index (κ3) is 23.4. The van der Waals surface area contributed by atoms with Crippen LogP contribution >= 0.6 is 0 Å². The van der Waals surface area contributed by atoms with Crippen LogP contribution in [0.1, 0.15) is 60.3 Å². The Kier molecular flexibility index (Phi) is 25.3. The Morgan fingerprint density at radius 1 is 0.603 bits per heavy atom. The molecule has 0 saturated heterocycles. The minimum Gasteiger partial charge on any atom is -0.748 e. The summed E-state index contributed by atoms with van der Waals surface area (Å²) in [5.74, 6) is -9.25. The van der Waals surface area contributed by atoms with E-state index < -0.39 is 108 Å². The van der Waals surface area contributed by atoms with Crippen molar-refractivity contribution < 1.29 is 111 Å². The van der Waals surface area contributed by atoms with Gasteiger partial charge in [0.2, 0.25) is 5.91 Å². The number of Topliss-reactive ketones (excluding diaryl/α,β-unsaturated/α-hetero) is 2. The molecular formula is C47H55N4NaO18S3. The van der Waals surface area contributed by atoms with Crippen LogP contribution in [0.25, 0.3) is 11.1 Å². The molecule has 1 aliphatic rings. The molecular weight excluding hydrogens is 1030 g/mol. The predicted molar refractivity (Wildman–Crippen MR) is 258 cm³/mol. The molecule has 4 aromatic rings. The van der Waals surface area contributed by atoms with Gasteiger partial charge in [-0.1, -0.05) is 109 Å². The quantitative estimate of drug-likeness (QED) is 0.0159. The summed E-state index contributed by atoms with van der Waals surface area (Å²) in [6, 6.07) is 29.9. The topological polar surface area (TPSA) is 358 Å². The van der Waals surface area contributed by atoms with Gasteiger partial charge in [0.25, 0.3) is 20.2 Å². The fourth-order valence-electron chi connectivity index (χ4n) is 7.20. The van der Waals surface area contributed by atoms with Crippen molar-refractivity contribution in [1.29, 1.82) is 0 Å². The number of carbonyl (C=O) groups is 6. The molecule has 0 aromatic heterocycles. The maximum Gasteiger partial charge on any atom is 1.00 e. The van der Waals surface area contributed by atoms with Gasteiger partial charge in [0, 0.05) is 31.8 Å². The van der Waals surface area contributed by atoms with E-state index in [0.29, 0.717) is 6.42 Å². The van der Waals surface area contributed by atoms with Gasteiger partial charge in [-0.25, -0.2) is 18.0 Å². The second-order valence-electron chi connectivity index (χ2n) is 16.3. The van der Waals surface area contributed by atoms with Crippen LogP contribution in [-0.2, 0) is 77.0 Å². The summed E-state index contributed by atoms with van der Waals surface area (Å²) in [6.45, 7) is 0.126. The van der Waals surface area contributed by atoms with Crippen LogP contribution < -0.4 is 51.2 Å². The molecule has 7 N–H and O–H groups in total. The zero-order valence-electron chi connectivity index (χ0n) is 39.6. The SMILES string of the molecule is N[C@@H](CS(=O)(=O)O)C(=O)CCCNC(=O)OCc1ccccc1.O=C(C[C@@H](CS(=O)(=O)[O-])C(=O)N[C@@H](CS(=O)(=O)O)C(=O)CCCNC(=O)OCc1ccccc1)OCC1c2ccccc2-c2ccccc21.[Na+]. The zero-order chi connectivity index (χ0) is 52.9. The molecule has 0 aliphatic heterocycles. The van der Waals surface area contributed by atoms with Gasteiger partial charge >= 0.3 is 47.7 Å². The number of amides is 3. The molecule has 22 nitrogen and oxygen atoms in total. The number of esters is 1. The summed E-state index contributed by atoms with van der Waals surface area (Å²) < 4.78 is 113. The largest absolute Gasteiger partial charge is 1.00 e. The molecule has 3 amide bonds. The molecule has 0 bridgehead atoms. The molecule has 0 heterocycles. The smallest absolute Gasteiger partial charge is 0.748 e. The molecule has 1 aliphatic carbocycles. The van der Waals surface area contributed by atoms with Crippen molar-refractivity contribution in [3.8, 4) is 11.1 Å². The van der Waals surface area contributed by atoms with E-state index in [2.05, 4.69) is 16.0 Å². The first kappa shape index (κ1) is 61.7. The van der Waals surface area contributed by atoms with E-state index in [1.54, 1.807) is 30.3 Å².